The molecule has 27 heavy (non-hydrogen) atoms. The molecule has 0 spiro atoms. The molecule has 0 unspecified atom stereocenters. The van der Waals surface area contributed by atoms with Gasteiger partial charge in [-0.1, -0.05) is 24.3 Å². The van der Waals surface area contributed by atoms with Gasteiger partial charge in [-0.2, -0.15) is 0 Å². The van der Waals surface area contributed by atoms with Crippen LogP contribution in [0.4, 0.5) is 11.4 Å². The molecule has 1 amide bonds. The number of amides is 1. The molecule has 0 saturated carbocycles. The second-order valence-corrected chi connectivity index (χ2v) is 8.61. The maximum atomic E-state index is 12.1. The van der Waals surface area contributed by atoms with Crippen molar-refractivity contribution in [2.24, 2.45) is 0 Å². The molecule has 1 atom stereocenters. The number of fused-ring (bicyclic) bond motifs is 2. The highest BCUT2D eigenvalue weighted by atomic mass is 16.1. The maximum absolute atomic E-state index is 12.1. The summed E-state index contributed by atoms with van der Waals surface area (Å²) >= 11 is 0. The van der Waals surface area contributed by atoms with Crippen molar-refractivity contribution < 1.29 is 4.79 Å². The second-order valence-electron chi connectivity index (χ2n) is 8.61. The number of aromatic nitrogens is 1. The number of hydrogen-bond acceptors (Lipinski definition) is 2. The zero-order valence-electron chi connectivity index (χ0n) is 16.7. The number of nitrogens with zero attached hydrogens (tertiary/aromatic N) is 1. The van der Waals surface area contributed by atoms with E-state index in [1.165, 1.54) is 16.5 Å². The monoisotopic (exact) mass is 361 g/mol. The normalized spacial score (nSPS) is 17.2. The van der Waals surface area contributed by atoms with E-state index in [4.69, 9.17) is 0 Å². The SMILES string of the molecule is Cc1cn(C(C)(C)C)c2cc(-c3cccc4c3N[C@H](C)CC(=O)N4)ccc12. The first-order valence-corrected chi connectivity index (χ1v) is 9.56. The van der Waals surface area contributed by atoms with Crippen LogP contribution in [-0.4, -0.2) is 16.5 Å². The average molecular weight is 361 g/mol. The molecule has 0 radical (unpaired) electrons. The third-order valence-electron chi connectivity index (χ3n) is 5.26. The van der Waals surface area contributed by atoms with Crippen molar-refractivity contribution in [1.29, 1.82) is 0 Å². The quantitative estimate of drug-likeness (QED) is 0.600. The largest absolute Gasteiger partial charge is 0.380 e. The van der Waals surface area contributed by atoms with Crippen LogP contribution in [0, 0.1) is 6.92 Å². The summed E-state index contributed by atoms with van der Waals surface area (Å²) in [6.45, 7) is 10.9. The van der Waals surface area contributed by atoms with Gasteiger partial charge in [0.15, 0.2) is 0 Å². The smallest absolute Gasteiger partial charge is 0.226 e. The van der Waals surface area contributed by atoms with Crippen molar-refractivity contribution in [1.82, 2.24) is 4.57 Å². The lowest BCUT2D eigenvalue weighted by atomic mass is 10.00. The number of aryl methyl sites for hydroxylation is 1. The molecule has 2 N–H and O–H groups in total. The first kappa shape index (κ1) is 17.7. The van der Waals surface area contributed by atoms with Crippen LogP contribution in [0.25, 0.3) is 22.0 Å². The van der Waals surface area contributed by atoms with E-state index in [0.29, 0.717) is 6.42 Å². The van der Waals surface area contributed by atoms with Crippen molar-refractivity contribution in [3.63, 3.8) is 0 Å². The van der Waals surface area contributed by atoms with E-state index in [1.54, 1.807) is 0 Å². The predicted octanol–water partition coefficient (Wildman–Crippen LogP) is 5.51. The number of para-hydroxylation sites is 1. The minimum absolute atomic E-state index is 0.0134. The van der Waals surface area contributed by atoms with Gasteiger partial charge >= 0.3 is 0 Å². The van der Waals surface area contributed by atoms with Gasteiger partial charge in [0, 0.05) is 40.7 Å². The van der Waals surface area contributed by atoms with Crippen LogP contribution < -0.4 is 10.6 Å². The summed E-state index contributed by atoms with van der Waals surface area (Å²) in [5.74, 6) is 0.0542. The van der Waals surface area contributed by atoms with Gasteiger partial charge in [-0.15, -0.1) is 0 Å². The molecule has 0 saturated heterocycles. The zero-order valence-corrected chi connectivity index (χ0v) is 16.7. The summed E-state index contributed by atoms with van der Waals surface area (Å²) in [7, 11) is 0. The minimum Gasteiger partial charge on any atom is -0.380 e. The Hall–Kier alpha value is -2.75. The summed E-state index contributed by atoms with van der Waals surface area (Å²) < 4.78 is 2.35. The Morgan fingerprint density at radius 1 is 1.15 bits per heavy atom. The third-order valence-corrected chi connectivity index (χ3v) is 5.26. The van der Waals surface area contributed by atoms with E-state index in [-0.39, 0.29) is 17.5 Å². The summed E-state index contributed by atoms with van der Waals surface area (Å²) in [6, 6.07) is 12.8. The molecule has 2 aromatic carbocycles. The fourth-order valence-electron chi connectivity index (χ4n) is 3.95. The van der Waals surface area contributed by atoms with E-state index in [9.17, 15) is 4.79 Å². The third kappa shape index (κ3) is 3.09. The lowest BCUT2D eigenvalue weighted by molar-refractivity contribution is -0.116. The molecule has 4 nitrogen and oxygen atoms in total. The molecule has 4 heteroatoms. The molecule has 0 bridgehead atoms. The first-order chi connectivity index (χ1) is 12.7. The van der Waals surface area contributed by atoms with Crippen molar-refractivity contribution in [3.05, 3.63) is 48.2 Å². The maximum Gasteiger partial charge on any atom is 0.226 e. The predicted molar refractivity (Wildman–Crippen MR) is 113 cm³/mol. The van der Waals surface area contributed by atoms with Gasteiger partial charge in [-0.25, -0.2) is 0 Å². The van der Waals surface area contributed by atoms with Gasteiger partial charge in [0.25, 0.3) is 0 Å². The highest BCUT2D eigenvalue weighted by molar-refractivity contribution is 6.01. The lowest BCUT2D eigenvalue weighted by Gasteiger charge is -2.23. The molecular formula is C23H27N3O. The first-order valence-electron chi connectivity index (χ1n) is 9.56. The summed E-state index contributed by atoms with van der Waals surface area (Å²) in [5, 5.41) is 7.84. The number of nitrogens with one attached hydrogen (secondary N) is 2. The number of carbonyl (C=O) groups excluding carboxylic acids is 1. The van der Waals surface area contributed by atoms with Gasteiger partial charge in [0.1, 0.15) is 0 Å². The molecule has 0 fully saturated rings. The molecule has 1 aliphatic heterocycles. The standard InChI is InChI=1S/C23H27N3O/c1-14-13-26(23(3,4)5)20-12-16(9-10-17(14)20)18-7-6-8-19-22(18)24-15(2)11-21(27)25-19/h6-10,12-13,15,24H,11H2,1-5H3,(H,25,27)/t15-/m1/s1. The van der Waals surface area contributed by atoms with E-state index in [1.807, 2.05) is 19.1 Å². The van der Waals surface area contributed by atoms with Gasteiger partial charge in [-0.05, 0) is 57.9 Å². The summed E-state index contributed by atoms with van der Waals surface area (Å²) in [6.07, 6.45) is 2.71. The number of benzene rings is 2. The van der Waals surface area contributed by atoms with Gasteiger partial charge in [-0.3, -0.25) is 4.79 Å². The van der Waals surface area contributed by atoms with Gasteiger partial charge < -0.3 is 15.2 Å². The van der Waals surface area contributed by atoms with Crippen molar-refractivity contribution in [3.8, 4) is 11.1 Å². The van der Waals surface area contributed by atoms with Crippen molar-refractivity contribution in [2.45, 2.75) is 52.6 Å². The van der Waals surface area contributed by atoms with Crippen LogP contribution in [0.5, 0.6) is 0 Å². The molecule has 4 rings (SSSR count). The second kappa shape index (κ2) is 6.15. The van der Waals surface area contributed by atoms with Crippen LogP contribution in [0.2, 0.25) is 0 Å². The highest BCUT2D eigenvalue weighted by Crippen LogP contribution is 2.38. The van der Waals surface area contributed by atoms with Crippen LogP contribution in [-0.2, 0) is 10.3 Å². The van der Waals surface area contributed by atoms with E-state index < -0.39 is 0 Å². The molecular weight excluding hydrogens is 334 g/mol. The fraction of sp³-hybridized carbons (Fsp3) is 0.348. The molecule has 140 valence electrons. The Labute approximate surface area is 160 Å². The topological polar surface area (TPSA) is 46.1 Å². The average Bonchev–Trinajstić information content (AvgIpc) is 2.84. The molecule has 2 heterocycles. The van der Waals surface area contributed by atoms with Crippen molar-refractivity contribution in [2.75, 3.05) is 10.6 Å². The zero-order chi connectivity index (χ0) is 19.3. The van der Waals surface area contributed by atoms with Crippen molar-refractivity contribution >= 4 is 28.2 Å². The van der Waals surface area contributed by atoms with E-state index in [0.717, 1.165) is 22.5 Å². The number of hydrogen-bond donors (Lipinski definition) is 2. The molecule has 1 aromatic heterocycles. The Kier molecular flexibility index (Phi) is 4.02. The molecule has 1 aliphatic rings. The Morgan fingerprint density at radius 3 is 2.67 bits per heavy atom. The van der Waals surface area contributed by atoms with E-state index >= 15 is 0 Å². The number of rotatable bonds is 1. The Balaban J connectivity index is 1.91. The lowest BCUT2D eigenvalue weighted by Crippen LogP contribution is -2.20. The summed E-state index contributed by atoms with van der Waals surface area (Å²) in [5.41, 5.74) is 6.66. The summed E-state index contributed by atoms with van der Waals surface area (Å²) in [4.78, 5) is 12.1. The highest BCUT2D eigenvalue weighted by Gasteiger charge is 2.22. The molecule has 0 aliphatic carbocycles. The van der Waals surface area contributed by atoms with Gasteiger partial charge in [0.05, 0.1) is 11.4 Å². The minimum atomic E-state index is 0.0134. The molecule has 3 aromatic rings. The van der Waals surface area contributed by atoms with Crippen LogP contribution in [0.1, 0.15) is 39.7 Å². The van der Waals surface area contributed by atoms with Gasteiger partial charge in [0.2, 0.25) is 5.91 Å². The van der Waals surface area contributed by atoms with Crippen LogP contribution in [0.15, 0.2) is 42.6 Å². The number of anilines is 2. The number of carbonyl (C=O) groups is 1. The van der Waals surface area contributed by atoms with E-state index in [2.05, 4.69) is 73.4 Å². The fourth-order valence-corrected chi connectivity index (χ4v) is 3.95. The van der Waals surface area contributed by atoms with Crippen LogP contribution in [0.3, 0.4) is 0 Å². The van der Waals surface area contributed by atoms with Crippen LogP contribution >= 0.6 is 0 Å². The Bertz CT molecular complexity index is 1040. The Morgan fingerprint density at radius 2 is 1.93 bits per heavy atom.